The fourth-order valence-corrected chi connectivity index (χ4v) is 1.27. The lowest BCUT2D eigenvalue weighted by molar-refractivity contribution is -0.306. The Labute approximate surface area is 92.5 Å². The van der Waals surface area contributed by atoms with Crippen molar-refractivity contribution in [2.75, 3.05) is 13.2 Å². The summed E-state index contributed by atoms with van der Waals surface area (Å²) in [6.45, 7) is -0.824. The van der Waals surface area contributed by atoms with Crippen molar-refractivity contribution < 1.29 is 24.1 Å². The van der Waals surface area contributed by atoms with Crippen LogP contribution in [0.2, 0.25) is 0 Å². The third-order valence-electron chi connectivity index (χ3n) is 2.06. The fraction of sp³-hybridized carbons (Fsp3) is 0.364. The van der Waals surface area contributed by atoms with E-state index in [0.29, 0.717) is 5.56 Å². The number of rotatable bonds is 2. The van der Waals surface area contributed by atoms with Crippen molar-refractivity contribution in [3.8, 4) is 0 Å². The van der Waals surface area contributed by atoms with Crippen LogP contribution in [0.15, 0.2) is 30.3 Å². The molecule has 0 atom stereocenters. The lowest BCUT2D eigenvalue weighted by atomic mass is 10.2. The predicted molar refractivity (Wildman–Crippen MR) is 53.6 cm³/mol. The fourth-order valence-electron chi connectivity index (χ4n) is 1.27. The molecule has 16 heavy (non-hydrogen) atoms. The Bertz CT molecular complexity index is 343. The molecule has 0 radical (unpaired) electrons. The largest absolute Gasteiger partial charge is 0.407 e. The first-order valence-electron chi connectivity index (χ1n) is 4.93. The average Bonchev–Trinajstić information content (AvgIpc) is 2.33. The molecule has 0 aliphatic carbocycles. The first-order valence-corrected chi connectivity index (χ1v) is 4.93. The van der Waals surface area contributed by atoms with Gasteiger partial charge in [0.2, 0.25) is 0 Å². The Kier molecular flexibility index (Phi) is 3.51. The molecule has 1 aromatic rings. The highest BCUT2D eigenvalue weighted by atomic mass is 16.9. The Hall–Kier alpha value is -1.43. The van der Waals surface area contributed by atoms with Gasteiger partial charge in [-0.05, 0) is 12.1 Å². The van der Waals surface area contributed by atoms with Gasteiger partial charge in [-0.1, -0.05) is 18.2 Å². The second-order valence-corrected chi connectivity index (χ2v) is 3.38. The molecule has 2 rings (SSSR count). The normalized spacial score (nSPS) is 25.1. The number of carbonyl (C=O) groups is 1. The SMILES string of the molecule is O=C(OC1OCC(O)CO1)c1ccccc1. The first-order chi connectivity index (χ1) is 7.75. The van der Waals surface area contributed by atoms with Crippen LogP contribution in [0.4, 0.5) is 0 Å². The van der Waals surface area contributed by atoms with Crippen molar-refractivity contribution in [3.63, 3.8) is 0 Å². The Morgan fingerprint density at radius 3 is 2.50 bits per heavy atom. The van der Waals surface area contributed by atoms with E-state index < -0.39 is 18.5 Å². The van der Waals surface area contributed by atoms with Crippen LogP contribution < -0.4 is 0 Å². The Morgan fingerprint density at radius 1 is 1.25 bits per heavy atom. The van der Waals surface area contributed by atoms with Crippen LogP contribution in [-0.4, -0.2) is 36.9 Å². The molecule has 0 aromatic heterocycles. The van der Waals surface area contributed by atoms with Crippen LogP contribution in [0.3, 0.4) is 0 Å². The summed E-state index contributed by atoms with van der Waals surface area (Å²) < 4.78 is 14.9. The molecule has 1 heterocycles. The van der Waals surface area contributed by atoms with Gasteiger partial charge in [-0.2, -0.15) is 0 Å². The molecule has 5 nitrogen and oxygen atoms in total. The van der Waals surface area contributed by atoms with Crippen LogP contribution in [0.25, 0.3) is 0 Å². The average molecular weight is 224 g/mol. The molecule has 0 saturated carbocycles. The zero-order valence-electron chi connectivity index (χ0n) is 8.54. The summed E-state index contributed by atoms with van der Waals surface area (Å²) in [5.74, 6) is -0.512. The van der Waals surface area contributed by atoms with Crippen molar-refractivity contribution in [2.24, 2.45) is 0 Å². The molecule has 86 valence electrons. The minimum atomic E-state index is -1.03. The molecule has 1 N–H and O–H groups in total. The van der Waals surface area contributed by atoms with E-state index in [1.807, 2.05) is 0 Å². The highest BCUT2D eigenvalue weighted by Crippen LogP contribution is 2.10. The van der Waals surface area contributed by atoms with Crippen LogP contribution in [0.5, 0.6) is 0 Å². The van der Waals surface area contributed by atoms with E-state index in [-0.39, 0.29) is 13.2 Å². The number of hydrogen-bond donors (Lipinski definition) is 1. The number of esters is 1. The standard InChI is InChI=1S/C11H12O5/c12-9-6-14-11(15-7-9)16-10(13)8-4-2-1-3-5-8/h1-5,9,11-12H,6-7H2. The van der Waals surface area contributed by atoms with Gasteiger partial charge >= 0.3 is 12.4 Å². The highest BCUT2D eigenvalue weighted by molar-refractivity contribution is 5.89. The summed E-state index contributed by atoms with van der Waals surface area (Å²) in [4.78, 5) is 11.5. The number of benzene rings is 1. The summed E-state index contributed by atoms with van der Waals surface area (Å²) in [7, 11) is 0. The molecule has 0 unspecified atom stereocenters. The van der Waals surface area contributed by atoms with E-state index in [2.05, 4.69) is 0 Å². The summed E-state index contributed by atoms with van der Waals surface area (Å²) in [6, 6.07) is 8.56. The Morgan fingerprint density at radius 2 is 1.88 bits per heavy atom. The topological polar surface area (TPSA) is 65.0 Å². The van der Waals surface area contributed by atoms with Gasteiger partial charge in [0.05, 0.1) is 18.8 Å². The predicted octanol–water partition coefficient (Wildman–Crippen LogP) is 0.535. The zero-order valence-corrected chi connectivity index (χ0v) is 8.54. The van der Waals surface area contributed by atoms with Gasteiger partial charge in [-0.15, -0.1) is 0 Å². The van der Waals surface area contributed by atoms with E-state index in [9.17, 15) is 4.79 Å². The lowest BCUT2D eigenvalue weighted by Crippen LogP contribution is -2.38. The van der Waals surface area contributed by atoms with Gasteiger partial charge < -0.3 is 19.3 Å². The van der Waals surface area contributed by atoms with Crippen molar-refractivity contribution >= 4 is 5.97 Å². The minimum absolute atomic E-state index is 0.104. The van der Waals surface area contributed by atoms with Crippen molar-refractivity contribution in [1.82, 2.24) is 0 Å². The van der Waals surface area contributed by atoms with Crippen molar-refractivity contribution in [2.45, 2.75) is 12.6 Å². The number of hydrogen-bond acceptors (Lipinski definition) is 5. The van der Waals surface area contributed by atoms with Gasteiger partial charge in [0.25, 0.3) is 0 Å². The third kappa shape index (κ3) is 2.79. The van der Waals surface area contributed by atoms with Gasteiger partial charge in [0.1, 0.15) is 6.10 Å². The van der Waals surface area contributed by atoms with E-state index in [4.69, 9.17) is 19.3 Å². The summed E-state index contributed by atoms with van der Waals surface area (Å²) in [6.07, 6.45) is -0.660. The lowest BCUT2D eigenvalue weighted by Gasteiger charge is -2.25. The van der Waals surface area contributed by atoms with Crippen LogP contribution in [0.1, 0.15) is 10.4 Å². The van der Waals surface area contributed by atoms with Crippen LogP contribution in [0, 0.1) is 0 Å². The number of carbonyl (C=O) groups excluding carboxylic acids is 1. The number of aliphatic hydroxyl groups excluding tert-OH is 1. The molecule has 0 spiro atoms. The maximum Gasteiger partial charge on any atom is 0.342 e. The highest BCUT2D eigenvalue weighted by Gasteiger charge is 2.24. The van der Waals surface area contributed by atoms with Crippen molar-refractivity contribution in [3.05, 3.63) is 35.9 Å². The van der Waals surface area contributed by atoms with Crippen molar-refractivity contribution in [1.29, 1.82) is 0 Å². The van der Waals surface area contributed by atoms with E-state index in [1.54, 1.807) is 30.3 Å². The monoisotopic (exact) mass is 224 g/mol. The van der Waals surface area contributed by atoms with Gasteiger partial charge in [-0.3, -0.25) is 0 Å². The van der Waals surface area contributed by atoms with E-state index in [0.717, 1.165) is 0 Å². The summed E-state index contributed by atoms with van der Waals surface area (Å²) >= 11 is 0. The molecular formula is C11H12O5. The minimum Gasteiger partial charge on any atom is -0.407 e. The maximum absolute atomic E-state index is 11.5. The third-order valence-corrected chi connectivity index (χ3v) is 2.06. The molecule has 0 amide bonds. The van der Waals surface area contributed by atoms with Gasteiger partial charge in [0, 0.05) is 0 Å². The van der Waals surface area contributed by atoms with Gasteiger partial charge in [-0.25, -0.2) is 4.79 Å². The quantitative estimate of drug-likeness (QED) is 0.742. The molecular weight excluding hydrogens is 212 g/mol. The van der Waals surface area contributed by atoms with Crippen LogP contribution >= 0.6 is 0 Å². The molecule has 1 fully saturated rings. The molecule has 0 bridgehead atoms. The zero-order chi connectivity index (χ0) is 11.4. The second-order valence-electron chi connectivity index (χ2n) is 3.38. The Balaban J connectivity index is 1.88. The van der Waals surface area contributed by atoms with E-state index >= 15 is 0 Å². The van der Waals surface area contributed by atoms with Crippen LogP contribution in [-0.2, 0) is 14.2 Å². The number of ether oxygens (including phenoxy) is 3. The molecule has 1 aliphatic heterocycles. The molecule has 1 aliphatic rings. The molecule has 1 aromatic carbocycles. The maximum atomic E-state index is 11.5. The number of aliphatic hydroxyl groups is 1. The first kappa shape index (κ1) is 11.1. The summed E-state index contributed by atoms with van der Waals surface area (Å²) in [5, 5.41) is 9.09. The van der Waals surface area contributed by atoms with E-state index in [1.165, 1.54) is 0 Å². The molecule has 1 saturated heterocycles. The second kappa shape index (κ2) is 5.07. The molecule has 5 heteroatoms. The summed E-state index contributed by atoms with van der Waals surface area (Å²) in [5.41, 5.74) is 0.431. The smallest absolute Gasteiger partial charge is 0.342 e. The van der Waals surface area contributed by atoms with Gasteiger partial charge in [0.15, 0.2) is 0 Å².